The molecule has 88 valence electrons. The molecular weight excluding hydrogens is 238 g/mol. The largest absolute Gasteiger partial charge is 0.399 e. The summed E-state index contributed by atoms with van der Waals surface area (Å²) < 4.78 is 0. The summed E-state index contributed by atoms with van der Waals surface area (Å²) in [6.45, 7) is 0. The number of hydrogen-bond acceptors (Lipinski definition) is 2. The minimum Gasteiger partial charge on any atom is -0.399 e. The molecule has 0 unspecified atom stereocenters. The molecule has 0 spiro atoms. The Kier molecular flexibility index (Phi) is 2.87. The lowest BCUT2D eigenvalue weighted by atomic mass is 10.1. The van der Waals surface area contributed by atoms with Crippen LogP contribution < -0.4 is 5.73 Å². The van der Waals surface area contributed by atoms with Gasteiger partial charge in [0, 0.05) is 15.4 Å². The first-order valence-corrected chi connectivity index (χ1v) is 6.66. The van der Waals surface area contributed by atoms with Crippen LogP contribution in [0, 0.1) is 0 Å². The van der Waals surface area contributed by atoms with Crippen molar-refractivity contribution in [3.05, 3.63) is 66.7 Å². The van der Waals surface area contributed by atoms with Crippen LogP contribution in [-0.2, 0) is 0 Å². The van der Waals surface area contributed by atoms with Gasteiger partial charge in [-0.2, -0.15) is 0 Å². The molecule has 0 aliphatic rings. The fourth-order valence-electron chi connectivity index (χ4n) is 1.90. The average Bonchev–Trinajstić information content (AvgIpc) is 2.90. The summed E-state index contributed by atoms with van der Waals surface area (Å²) in [6, 6.07) is 22.8. The fourth-order valence-corrected chi connectivity index (χ4v) is 2.91. The molecule has 0 aliphatic carbocycles. The minimum atomic E-state index is 0.804. The first kappa shape index (κ1) is 11.1. The Morgan fingerprint density at radius 3 is 1.78 bits per heavy atom. The summed E-state index contributed by atoms with van der Waals surface area (Å²) in [7, 11) is 0. The predicted molar refractivity (Wildman–Crippen MR) is 79.6 cm³/mol. The molecule has 0 saturated carbocycles. The van der Waals surface area contributed by atoms with Crippen LogP contribution >= 0.6 is 11.3 Å². The number of benzene rings is 2. The van der Waals surface area contributed by atoms with E-state index in [1.54, 1.807) is 11.3 Å². The molecular formula is C16H13NS. The van der Waals surface area contributed by atoms with Crippen LogP contribution in [0.5, 0.6) is 0 Å². The van der Waals surface area contributed by atoms with Gasteiger partial charge in [-0.05, 0) is 35.4 Å². The number of anilines is 1. The molecule has 18 heavy (non-hydrogen) atoms. The van der Waals surface area contributed by atoms with Gasteiger partial charge in [0.15, 0.2) is 0 Å². The molecule has 0 bridgehead atoms. The Bertz CT molecular complexity index is 638. The molecule has 2 aromatic carbocycles. The zero-order valence-electron chi connectivity index (χ0n) is 9.84. The monoisotopic (exact) mass is 251 g/mol. The van der Waals surface area contributed by atoms with E-state index in [-0.39, 0.29) is 0 Å². The van der Waals surface area contributed by atoms with Crippen molar-refractivity contribution in [2.75, 3.05) is 5.73 Å². The molecule has 0 amide bonds. The van der Waals surface area contributed by atoms with Crippen LogP contribution in [0.25, 0.3) is 20.9 Å². The average molecular weight is 251 g/mol. The van der Waals surface area contributed by atoms with Crippen molar-refractivity contribution in [3.63, 3.8) is 0 Å². The van der Waals surface area contributed by atoms with Gasteiger partial charge in [0.1, 0.15) is 0 Å². The molecule has 1 nitrogen and oxygen atoms in total. The maximum Gasteiger partial charge on any atom is 0.0349 e. The zero-order chi connectivity index (χ0) is 12.4. The number of nitrogen functional groups attached to an aromatic ring is 1. The van der Waals surface area contributed by atoms with Crippen molar-refractivity contribution in [2.24, 2.45) is 0 Å². The molecule has 0 radical (unpaired) electrons. The number of rotatable bonds is 2. The summed E-state index contributed by atoms with van der Waals surface area (Å²) in [5.41, 5.74) is 9.00. The van der Waals surface area contributed by atoms with Crippen molar-refractivity contribution in [1.29, 1.82) is 0 Å². The van der Waals surface area contributed by atoms with Crippen LogP contribution in [-0.4, -0.2) is 0 Å². The molecule has 0 aliphatic heterocycles. The van der Waals surface area contributed by atoms with Crippen molar-refractivity contribution in [2.45, 2.75) is 0 Å². The molecule has 3 rings (SSSR count). The van der Waals surface area contributed by atoms with Crippen molar-refractivity contribution in [3.8, 4) is 20.9 Å². The number of hydrogen-bond donors (Lipinski definition) is 1. The molecule has 0 fully saturated rings. The summed E-state index contributed by atoms with van der Waals surface area (Å²) in [4.78, 5) is 2.57. The topological polar surface area (TPSA) is 26.0 Å². The molecule has 2 heteroatoms. The second kappa shape index (κ2) is 4.67. The Labute approximate surface area is 111 Å². The van der Waals surface area contributed by atoms with Gasteiger partial charge in [-0.1, -0.05) is 42.5 Å². The van der Waals surface area contributed by atoms with E-state index in [1.165, 1.54) is 20.9 Å². The standard InChI is InChI=1S/C16H13NS/c17-14-8-6-13(7-9-14)16-11-10-15(18-16)12-4-2-1-3-5-12/h1-11H,17H2. The first-order chi connectivity index (χ1) is 8.83. The van der Waals surface area contributed by atoms with E-state index in [0.717, 1.165) is 5.69 Å². The Morgan fingerprint density at radius 1 is 0.611 bits per heavy atom. The van der Waals surface area contributed by atoms with E-state index in [9.17, 15) is 0 Å². The lowest BCUT2D eigenvalue weighted by Crippen LogP contribution is -1.82. The predicted octanol–water partition coefficient (Wildman–Crippen LogP) is 4.66. The van der Waals surface area contributed by atoms with Gasteiger partial charge >= 0.3 is 0 Å². The van der Waals surface area contributed by atoms with E-state index in [0.29, 0.717) is 0 Å². The van der Waals surface area contributed by atoms with E-state index in [4.69, 9.17) is 5.73 Å². The van der Waals surface area contributed by atoms with Gasteiger partial charge < -0.3 is 5.73 Å². The third-order valence-corrected chi connectivity index (χ3v) is 4.04. The Hall–Kier alpha value is -2.06. The summed E-state index contributed by atoms with van der Waals surface area (Å²) in [5, 5.41) is 0. The van der Waals surface area contributed by atoms with Crippen molar-refractivity contribution < 1.29 is 0 Å². The Balaban J connectivity index is 1.97. The molecule has 1 aromatic heterocycles. The number of nitrogens with two attached hydrogens (primary N) is 1. The van der Waals surface area contributed by atoms with E-state index < -0.39 is 0 Å². The molecule has 0 atom stereocenters. The maximum absolute atomic E-state index is 5.70. The molecule has 3 aromatic rings. The van der Waals surface area contributed by atoms with E-state index >= 15 is 0 Å². The van der Waals surface area contributed by atoms with E-state index in [2.05, 4.69) is 48.5 Å². The third-order valence-electron chi connectivity index (χ3n) is 2.86. The highest BCUT2D eigenvalue weighted by atomic mass is 32.1. The lowest BCUT2D eigenvalue weighted by molar-refractivity contribution is 1.67. The van der Waals surface area contributed by atoms with Crippen LogP contribution in [0.1, 0.15) is 0 Å². The van der Waals surface area contributed by atoms with Gasteiger partial charge in [-0.25, -0.2) is 0 Å². The van der Waals surface area contributed by atoms with Crippen LogP contribution in [0.15, 0.2) is 66.7 Å². The highest BCUT2D eigenvalue weighted by Crippen LogP contribution is 2.34. The molecule has 0 saturated heterocycles. The normalized spacial score (nSPS) is 10.4. The van der Waals surface area contributed by atoms with Gasteiger partial charge in [0.25, 0.3) is 0 Å². The fraction of sp³-hybridized carbons (Fsp3) is 0. The quantitative estimate of drug-likeness (QED) is 0.658. The highest BCUT2D eigenvalue weighted by Gasteiger charge is 2.04. The van der Waals surface area contributed by atoms with Crippen LogP contribution in [0.3, 0.4) is 0 Å². The summed E-state index contributed by atoms with van der Waals surface area (Å²) in [5.74, 6) is 0. The summed E-state index contributed by atoms with van der Waals surface area (Å²) in [6.07, 6.45) is 0. The van der Waals surface area contributed by atoms with Gasteiger partial charge in [-0.15, -0.1) is 11.3 Å². The number of thiophene rings is 1. The maximum atomic E-state index is 5.70. The first-order valence-electron chi connectivity index (χ1n) is 5.84. The van der Waals surface area contributed by atoms with Crippen LogP contribution in [0.4, 0.5) is 5.69 Å². The second-order valence-corrected chi connectivity index (χ2v) is 5.24. The second-order valence-electron chi connectivity index (χ2n) is 4.15. The van der Waals surface area contributed by atoms with Crippen molar-refractivity contribution >= 4 is 17.0 Å². The molecule has 1 heterocycles. The van der Waals surface area contributed by atoms with Gasteiger partial charge in [0.2, 0.25) is 0 Å². The SMILES string of the molecule is Nc1ccc(-c2ccc(-c3ccccc3)s2)cc1. The van der Waals surface area contributed by atoms with Gasteiger partial charge in [0.05, 0.1) is 0 Å². The highest BCUT2D eigenvalue weighted by molar-refractivity contribution is 7.18. The van der Waals surface area contributed by atoms with E-state index in [1.807, 2.05) is 18.2 Å². The minimum absolute atomic E-state index is 0.804. The molecule has 2 N–H and O–H groups in total. The Morgan fingerprint density at radius 2 is 1.17 bits per heavy atom. The summed E-state index contributed by atoms with van der Waals surface area (Å²) >= 11 is 1.80. The lowest BCUT2D eigenvalue weighted by Gasteiger charge is -1.98. The zero-order valence-corrected chi connectivity index (χ0v) is 10.7. The van der Waals surface area contributed by atoms with Crippen molar-refractivity contribution in [1.82, 2.24) is 0 Å². The third kappa shape index (κ3) is 2.15. The van der Waals surface area contributed by atoms with Crippen LogP contribution in [0.2, 0.25) is 0 Å². The smallest absolute Gasteiger partial charge is 0.0349 e. The van der Waals surface area contributed by atoms with Gasteiger partial charge in [-0.3, -0.25) is 0 Å².